The molecule has 7 nitrogen and oxygen atoms in total. The van der Waals surface area contributed by atoms with E-state index in [1.807, 2.05) is 6.92 Å². The van der Waals surface area contributed by atoms with E-state index in [4.69, 9.17) is 4.74 Å². The lowest BCUT2D eigenvalue weighted by Crippen LogP contribution is -2.48. The number of aliphatic hydroxyl groups is 3. The van der Waals surface area contributed by atoms with Crippen LogP contribution in [0.25, 0.3) is 0 Å². The minimum atomic E-state index is -1.49. The van der Waals surface area contributed by atoms with Crippen molar-refractivity contribution in [3.8, 4) is 0 Å². The Balaban J connectivity index is 2.02. The molecular formula is C32H48O7. The van der Waals surface area contributed by atoms with Crippen LogP contribution in [0.5, 0.6) is 0 Å². The van der Waals surface area contributed by atoms with E-state index in [0.29, 0.717) is 31.3 Å². The molecule has 7 heteroatoms. The zero-order chi connectivity index (χ0) is 29.6. The maximum atomic E-state index is 12.6. The highest BCUT2D eigenvalue weighted by atomic mass is 16.5. The molecule has 3 aliphatic carbocycles. The summed E-state index contributed by atoms with van der Waals surface area (Å²) < 4.78 is 4.95. The summed E-state index contributed by atoms with van der Waals surface area (Å²) in [7, 11) is 1.40. The molecule has 0 radical (unpaired) electrons. The van der Waals surface area contributed by atoms with Crippen molar-refractivity contribution in [1.82, 2.24) is 0 Å². The fourth-order valence-corrected chi connectivity index (χ4v) is 8.03. The lowest BCUT2D eigenvalue weighted by atomic mass is 9.48. The molecule has 4 N–H and O–H groups in total. The monoisotopic (exact) mass is 544 g/mol. The number of allylic oxidation sites excluding steroid dienone is 5. The van der Waals surface area contributed by atoms with Crippen molar-refractivity contribution < 1.29 is 34.8 Å². The molecule has 218 valence electrons. The van der Waals surface area contributed by atoms with Crippen LogP contribution in [0.4, 0.5) is 0 Å². The Bertz CT molecular complexity index is 1080. The summed E-state index contributed by atoms with van der Waals surface area (Å²) in [6, 6.07) is 0. The van der Waals surface area contributed by atoms with Crippen molar-refractivity contribution in [2.45, 2.75) is 91.3 Å². The molecule has 0 amide bonds. The highest BCUT2D eigenvalue weighted by Gasteiger charge is 2.65. The van der Waals surface area contributed by atoms with Crippen molar-refractivity contribution in [3.05, 3.63) is 47.6 Å². The molecule has 0 heterocycles. The largest absolute Gasteiger partial charge is 0.481 e. The summed E-state index contributed by atoms with van der Waals surface area (Å²) in [5.74, 6) is -2.41. The SMILES string of the molecule is C=C(C)[C@@H]1CC=C2C(=CC[C@]3(C)[C@@H]([C@@H](CCC(=C)C(C)(O)CO)C(=O)O)[C@H](O)C[C@@]23C)[C@@]1(C)CCC(=O)OC. The molecule has 1 fully saturated rings. The lowest BCUT2D eigenvalue weighted by Gasteiger charge is -2.56. The second-order valence-electron chi connectivity index (χ2n) is 13.1. The number of fused-ring (bicyclic) bond motifs is 3. The third kappa shape index (κ3) is 5.18. The number of carboxylic acids is 1. The Morgan fingerprint density at radius 1 is 1.18 bits per heavy atom. The standard InChI is InChI=1S/C32H48O7/c1-19(2)22-11-12-24-23(29(22,4)15-14-26(35)39-8)13-16-30(5)27(25(34)17-31(24,30)6)21(28(36)37)10-9-20(3)32(7,38)18-33/h12-13,21-22,25,27,33-34,38H,1,3,9-11,14-18H2,2,4-8H3,(H,36,37)/t21-,22+,25-,27+,29+,30-,31+,32?/m1/s1. The first kappa shape index (κ1) is 31.3. The zero-order valence-electron chi connectivity index (χ0n) is 24.5. The molecule has 3 aliphatic rings. The van der Waals surface area contributed by atoms with E-state index >= 15 is 0 Å². The van der Waals surface area contributed by atoms with Crippen LogP contribution in [-0.4, -0.2) is 57.8 Å². The molecule has 3 rings (SSSR count). The zero-order valence-corrected chi connectivity index (χ0v) is 24.5. The highest BCUT2D eigenvalue weighted by Crippen LogP contribution is 2.70. The van der Waals surface area contributed by atoms with E-state index in [2.05, 4.69) is 46.1 Å². The van der Waals surface area contributed by atoms with E-state index < -0.39 is 46.9 Å². The number of methoxy groups -OCH3 is 1. The molecule has 0 aromatic rings. The average Bonchev–Trinajstić information content (AvgIpc) is 3.07. The van der Waals surface area contributed by atoms with Gasteiger partial charge in [0.1, 0.15) is 5.60 Å². The first-order valence-electron chi connectivity index (χ1n) is 14.1. The molecule has 0 aliphatic heterocycles. The van der Waals surface area contributed by atoms with Crippen molar-refractivity contribution in [3.63, 3.8) is 0 Å². The summed E-state index contributed by atoms with van der Waals surface area (Å²) in [5, 5.41) is 41.7. The van der Waals surface area contributed by atoms with Crippen LogP contribution in [0.1, 0.15) is 79.6 Å². The van der Waals surface area contributed by atoms with Crippen molar-refractivity contribution in [2.24, 2.45) is 34.0 Å². The summed E-state index contributed by atoms with van der Waals surface area (Å²) in [6.07, 6.45) is 6.83. The van der Waals surface area contributed by atoms with E-state index in [-0.39, 0.29) is 30.1 Å². The fourth-order valence-electron chi connectivity index (χ4n) is 8.03. The first-order valence-corrected chi connectivity index (χ1v) is 14.1. The van der Waals surface area contributed by atoms with Gasteiger partial charge in [-0.25, -0.2) is 0 Å². The van der Waals surface area contributed by atoms with Crippen molar-refractivity contribution >= 4 is 11.9 Å². The number of ether oxygens (including phenoxy) is 1. The molecule has 0 aromatic heterocycles. The van der Waals surface area contributed by atoms with Gasteiger partial charge in [-0.3, -0.25) is 9.59 Å². The molecule has 1 unspecified atom stereocenters. The summed E-state index contributed by atoms with van der Waals surface area (Å²) in [4.78, 5) is 24.8. The Hall–Kier alpha value is -2.22. The smallest absolute Gasteiger partial charge is 0.306 e. The predicted molar refractivity (Wildman–Crippen MR) is 151 cm³/mol. The van der Waals surface area contributed by atoms with Crippen LogP contribution in [0.2, 0.25) is 0 Å². The van der Waals surface area contributed by atoms with Gasteiger partial charge >= 0.3 is 11.9 Å². The first-order chi connectivity index (χ1) is 18.0. The van der Waals surface area contributed by atoms with E-state index in [0.717, 1.165) is 17.6 Å². The van der Waals surface area contributed by atoms with Gasteiger partial charge in [-0.2, -0.15) is 0 Å². The number of esters is 1. The third-order valence-electron chi connectivity index (χ3n) is 10.8. The van der Waals surface area contributed by atoms with E-state index in [1.54, 1.807) is 0 Å². The van der Waals surface area contributed by atoms with Crippen LogP contribution in [-0.2, 0) is 14.3 Å². The van der Waals surface area contributed by atoms with E-state index in [1.165, 1.54) is 19.6 Å². The molecule has 0 spiro atoms. The lowest BCUT2D eigenvalue weighted by molar-refractivity contribution is -0.148. The fraction of sp³-hybridized carbons (Fsp3) is 0.688. The Morgan fingerprint density at radius 3 is 2.36 bits per heavy atom. The van der Waals surface area contributed by atoms with Crippen LogP contribution in [0.15, 0.2) is 47.6 Å². The summed E-state index contributed by atoms with van der Waals surface area (Å²) in [6.45, 7) is 17.6. The molecular weight excluding hydrogens is 496 g/mol. The molecule has 0 saturated heterocycles. The van der Waals surface area contributed by atoms with Gasteiger partial charge in [0.2, 0.25) is 0 Å². The summed E-state index contributed by atoms with van der Waals surface area (Å²) in [5.41, 5.74) is 0.963. The second-order valence-corrected chi connectivity index (χ2v) is 13.1. The number of rotatable bonds is 11. The van der Waals surface area contributed by atoms with Crippen LogP contribution >= 0.6 is 0 Å². The molecule has 39 heavy (non-hydrogen) atoms. The Labute approximate surface area is 233 Å². The van der Waals surface area contributed by atoms with E-state index in [9.17, 15) is 30.0 Å². The normalized spacial score (nSPS) is 36.0. The number of hydrogen-bond donors (Lipinski definition) is 4. The Morgan fingerprint density at radius 2 is 1.82 bits per heavy atom. The van der Waals surface area contributed by atoms with Gasteiger partial charge < -0.3 is 25.2 Å². The minimum absolute atomic E-state index is 0.157. The molecule has 8 atom stereocenters. The van der Waals surface area contributed by atoms with Crippen LogP contribution in [0, 0.1) is 34.0 Å². The van der Waals surface area contributed by atoms with Crippen LogP contribution in [0.3, 0.4) is 0 Å². The number of carbonyl (C=O) groups is 2. The predicted octanol–water partition coefficient (Wildman–Crippen LogP) is 4.97. The maximum absolute atomic E-state index is 12.6. The van der Waals surface area contributed by atoms with Crippen molar-refractivity contribution in [2.75, 3.05) is 13.7 Å². The molecule has 1 saturated carbocycles. The third-order valence-corrected chi connectivity index (χ3v) is 10.8. The minimum Gasteiger partial charge on any atom is -0.481 e. The average molecular weight is 545 g/mol. The van der Waals surface area contributed by atoms with Crippen LogP contribution < -0.4 is 0 Å². The topological polar surface area (TPSA) is 124 Å². The number of aliphatic carboxylic acids is 1. The van der Waals surface area contributed by atoms with Gasteiger partial charge in [-0.05, 0) is 85.8 Å². The van der Waals surface area contributed by atoms with Gasteiger partial charge in [0.15, 0.2) is 0 Å². The molecule has 0 aromatic carbocycles. The highest BCUT2D eigenvalue weighted by molar-refractivity contribution is 5.71. The molecule has 0 bridgehead atoms. The van der Waals surface area contributed by atoms with Gasteiger partial charge in [0.25, 0.3) is 0 Å². The van der Waals surface area contributed by atoms with Gasteiger partial charge in [-0.1, -0.05) is 51.7 Å². The van der Waals surface area contributed by atoms with Gasteiger partial charge in [-0.15, -0.1) is 0 Å². The Kier molecular flexibility index (Phi) is 8.82. The van der Waals surface area contributed by atoms with Gasteiger partial charge in [0, 0.05) is 17.8 Å². The second kappa shape index (κ2) is 11.0. The number of carboxylic acid groups (broad SMARTS) is 1. The summed E-state index contributed by atoms with van der Waals surface area (Å²) >= 11 is 0. The van der Waals surface area contributed by atoms with Crippen molar-refractivity contribution in [1.29, 1.82) is 0 Å². The number of aliphatic hydroxyl groups excluding tert-OH is 2. The number of carbonyl (C=O) groups excluding carboxylic acids is 1. The maximum Gasteiger partial charge on any atom is 0.306 e. The quantitative estimate of drug-likeness (QED) is 0.214. The number of hydrogen-bond acceptors (Lipinski definition) is 6. The van der Waals surface area contributed by atoms with Gasteiger partial charge in [0.05, 0.1) is 25.7 Å².